The molecule has 1 aromatic rings. The number of ether oxygens (including phenoxy) is 1. The van der Waals surface area contributed by atoms with Gasteiger partial charge >= 0.3 is 0 Å². The molecule has 82 valence electrons. The molecular weight excluding hydrogens is 188 g/mol. The molecule has 0 bridgehead atoms. The quantitative estimate of drug-likeness (QED) is 0.820. The molecule has 15 heavy (non-hydrogen) atoms. The number of aryl methyl sites for hydroxylation is 1. The van der Waals surface area contributed by atoms with Gasteiger partial charge < -0.3 is 10.1 Å². The summed E-state index contributed by atoms with van der Waals surface area (Å²) in [4.78, 5) is 4.22. The van der Waals surface area contributed by atoms with Gasteiger partial charge in [0.1, 0.15) is 11.9 Å². The molecule has 0 aromatic carbocycles. The van der Waals surface area contributed by atoms with Crippen LogP contribution in [0, 0.1) is 6.92 Å². The average molecular weight is 206 g/mol. The van der Waals surface area contributed by atoms with Crippen LogP contribution in [0.4, 0.5) is 0 Å². The molecule has 1 aliphatic carbocycles. The molecular formula is C12H18N2O. The highest BCUT2D eigenvalue weighted by Crippen LogP contribution is 2.24. The zero-order valence-corrected chi connectivity index (χ0v) is 9.36. The molecule has 1 saturated carbocycles. The molecule has 1 heterocycles. The van der Waals surface area contributed by atoms with Crippen molar-refractivity contribution in [1.29, 1.82) is 0 Å². The zero-order valence-electron chi connectivity index (χ0n) is 9.36. The lowest BCUT2D eigenvalue weighted by Gasteiger charge is -2.13. The molecule has 2 rings (SSSR count). The normalized spacial score (nSPS) is 25.5. The highest BCUT2D eigenvalue weighted by atomic mass is 16.5. The van der Waals surface area contributed by atoms with E-state index in [4.69, 9.17) is 4.74 Å². The highest BCUT2D eigenvalue weighted by molar-refractivity contribution is 5.19. The van der Waals surface area contributed by atoms with Gasteiger partial charge in [-0.3, -0.25) is 4.98 Å². The third-order valence-corrected chi connectivity index (χ3v) is 2.98. The van der Waals surface area contributed by atoms with Gasteiger partial charge in [-0.05, 0) is 45.4 Å². The zero-order chi connectivity index (χ0) is 10.7. The molecule has 0 amide bonds. The van der Waals surface area contributed by atoms with E-state index in [1.807, 2.05) is 32.3 Å². The van der Waals surface area contributed by atoms with Gasteiger partial charge in [-0.15, -0.1) is 0 Å². The summed E-state index contributed by atoms with van der Waals surface area (Å²) in [6.45, 7) is 1.98. The van der Waals surface area contributed by atoms with Crippen molar-refractivity contribution in [2.75, 3.05) is 7.05 Å². The fourth-order valence-corrected chi connectivity index (χ4v) is 2.03. The van der Waals surface area contributed by atoms with Crippen molar-refractivity contribution in [2.45, 2.75) is 38.3 Å². The fourth-order valence-electron chi connectivity index (χ4n) is 2.03. The third-order valence-electron chi connectivity index (χ3n) is 2.98. The number of aromatic nitrogens is 1. The van der Waals surface area contributed by atoms with Gasteiger partial charge in [0.15, 0.2) is 0 Å². The van der Waals surface area contributed by atoms with Crippen molar-refractivity contribution in [3.05, 3.63) is 24.0 Å². The Kier molecular flexibility index (Phi) is 3.21. The Bertz CT molecular complexity index is 310. The molecule has 0 saturated heterocycles. The van der Waals surface area contributed by atoms with E-state index < -0.39 is 0 Å². The predicted molar refractivity (Wildman–Crippen MR) is 60.1 cm³/mol. The summed E-state index contributed by atoms with van der Waals surface area (Å²) in [6.07, 6.45) is 5.61. The van der Waals surface area contributed by atoms with Gasteiger partial charge in [-0.2, -0.15) is 0 Å². The van der Waals surface area contributed by atoms with Crippen molar-refractivity contribution in [3.8, 4) is 5.75 Å². The van der Waals surface area contributed by atoms with E-state index in [0.717, 1.165) is 24.3 Å². The topological polar surface area (TPSA) is 34.1 Å². The van der Waals surface area contributed by atoms with Crippen molar-refractivity contribution in [2.24, 2.45) is 0 Å². The van der Waals surface area contributed by atoms with Crippen molar-refractivity contribution < 1.29 is 4.74 Å². The summed E-state index contributed by atoms with van der Waals surface area (Å²) >= 11 is 0. The van der Waals surface area contributed by atoms with E-state index in [2.05, 4.69) is 10.3 Å². The number of rotatable bonds is 3. The van der Waals surface area contributed by atoms with Crippen LogP contribution in [0.2, 0.25) is 0 Å². The van der Waals surface area contributed by atoms with Gasteiger partial charge in [0.05, 0.1) is 6.20 Å². The summed E-state index contributed by atoms with van der Waals surface area (Å²) in [5, 5.41) is 3.29. The SMILES string of the molecule is CNC1CCC(Oc2ccc(C)nc2)C1. The lowest BCUT2D eigenvalue weighted by Crippen LogP contribution is -2.23. The molecule has 0 spiro atoms. The van der Waals surface area contributed by atoms with Gasteiger partial charge in [-0.25, -0.2) is 0 Å². The van der Waals surface area contributed by atoms with E-state index in [1.165, 1.54) is 6.42 Å². The van der Waals surface area contributed by atoms with Crippen LogP contribution in [0.15, 0.2) is 18.3 Å². The minimum atomic E-state index is 0.354. The summed E-state index contributed by atoms with van der Waals surface area (Å²) in [5.74, 6) is 0.891. The minimum absolute atomic E-state index is 0.354. The monoisotopic (exact) mass is 206 g/mol. The van der Waals surface area contributed by atoms with Gasteiger partial charge in [-0.1, -0.05) is 0 Å². The summed E-state index contributed by atoms with van der Waals surface area (Å²) < 4.78 is 5.86. The number of hydrogen-bond donors (Lipinski definition) is 1. The first kappa shape index (κ1) is 10.4. The van der Waals surface area contributed by atoms with E-state index in [9.17, 15) is 0 Å². The number of nitrogens with zero attached hydrogens (tertiary/aromatic N) is 1. The van der Waals surface area contributed by atoms with Crippen LogP contribution in [0.1, 0.15) is 25.0 Å². The maximum atomic E-state index is 5.86. The van der Waals surface area contributed by atoms with Crippen LogP contribution >= 0.6 is 0 Å². The van der Waals surface area contributed by atoms with E-state index in [-0.39, 0.29) is 0 Å². The van der Waals surface area contributed by atoms with E-state index in [0.29, 0.717) is 12.1 Å². The Hall–Kier alpha value is -1.09. The molecule has 0 radical (unpaired) electrons. The molecule has 3 nitrogen and oxygen atoms in total. The van der Waals surface area contributed by atoms with E-state index in [1.54, 1.807) is 0 Å². The fraction of sp³-hybridized carbons (Fsp3) is 0.583. The summed E-state index contributed by atoms with van der Waals surface area (Å²) in [7, 11) is 2.01. The number of pyridine rings is 1. The summed E-state index contributed by atoms with van der Waals surface area (Å²) in [5.41, 5.74) is 1.03. The first-order valence-electron chi connectivity index (χ1n) is 5.54. The third kappa shape index (κ3) is 2.69. The number of hydrogen-bond acceptors (Lipinski definition) is 3. The van der Waals surface area contributed by atoms with Crippen LogP contribution < -0.4 is 10.1 Å². The molecule has 1 aromatic heterocycles. The second kappa shape index (κ2) is 4.62. The predicted octanol–water partition coefficient (Wildman–Crippen LogP) is 1.91. The Labute approximate surface area is 90.9 Å². The van der Waals surface area contributed by atoms with Crippen LogP contribution in [-0.2, 0) is 0 Å². The van der Waals surface area contributed by atoms with Crippen molar-refractivity contribution in [3.63, 3.8) is 0 Å². The van der Waals surface area contributed by atoms with Crippen LogP contribution in [0.3, 0.4) is 0 Å². The molecule has 1 fully saturated rings. The molecule has 2 unspecified atom stereocenters. The first-order valence-corrected chi connectivity index (χ1v) is 5.54. The number of nitrogens with one attached hydrogen (secondary N) is 1. The Morgan fingerprint density at radius 3 is 2.87 bits per heavy atom. The molecule has 1 N–H and O–H groups in total. The highest BCUT2D eigenvalue weighted by Gasteiger charge is 2.24. The molecule has 0 aliphatic heterocycles. The van der Waals surface area contributed by atoms with Crippen LogP contribution in [0.5, 0.6) is 5.75 Å². The van der Waals surface area contributed by atoms with Gasteiger partial charge in [0, 0.05) is 11.7 Å². The maximum Gasteiger partial charge on any atom is 0.138 e. The molecule has 2 atom stereocenters. The Morgan fingerprint density at radius 1 is 1.40 bits per heavy atom. The standard InChI is InChI=1S/C12H18N2O/c1-9-3-5-12(8-14-9)15-11-6-4-10(7-11)13-2/h3,5,8,10-11,13H,4,6-7H2,1-2H3. The van der Waals surface area contributed by atoms with Gasteiger partial charge in [0.25, 0.3) is 0 Å². The lowest BCUT2D eigenvalue weighted by molar-refractivity contribution is 0.206. The molecule has 3 heteroatoms. The lowest BCUT2D eigenvalue weighted by atomic mass is 10.2. The van der Waals surface area contributed by atoms with E-state index >= 15 is 0 Å². The largest absolute Gasteiger partial charge is 0.489 e. The maximum absolute atomic E-state index is 5.86. The van der Waals surface area contributed by atoms with Crippen LogP contribution in [-0.4, -0.2) is 24.2 Å². The summed E-state index contributed by atoms with van der Waals surface area (Å²) in [6, 6.07) is 4.60. The molecule has 1 aliphatic rings. The van der Waals surface area contributed by atoms with Crippen molar-refractivity contribution in [1.82, 2.24) is 10.3 Å². The van der Waals surface area contributed by atoms with Gasteiger partial charge in [0.2, 0.25) is 0 Å². The second-order valence-corrected chi connectivity index (χ2v) is 4.17. The first-order chi connectivity index (χ1) is 7.28. The Balaban J connectivity index is 1.90. The average Bonchev–Trinajstić information content (AvgIpc) is 2.69. The van der Waals surface area contributed by atoms with Crippen LogP contribution in [0.25, 0.3) is 0 Å². The smallest absolute Gasteiger partial charge is 0.138 e. The van der Waals surface area contributed by atoms with Crippen molar-refractivity contribution >= 4 is 0 Å². The Morgan fingerprint density at radius 2 is 2.27 bits per heavy atom. The minimum Gasteiger partial charge on any atom is -0.489 e. The second-order valence-electron chi connectivity index (χ2n) is 4.17.